The maximum atomic E-state index is 11.8. The second kappa shape index (κ2) is 7.81. The third kappa shape index (κ3) is 4.91. The molecule has 26 heavy (non-hydrogen) atoms. The van der Waals surface area contributed by atoms with Gasteiger partial charge in [0.05, 0.1) is 12.8 Å². The molecule has 0 unspecified atom stereocenters. The van der Waals surface area contributed by atoms with Crippen LogP contribution in [0, 0.1) is 0 Å². The molecule has 0 aromatic carbocycles. The van der Waals surface area contributed by atoms with E-state index in [2.05, 4.69) is 20.4 Å². The molecule has 0 spiro atoms. The van der Waals surface area contributed by atoms with Crippen LogP contribution in [-0.2, 0) is 14.3 Å². The van der Waals surface area contributed by atoms with Gasteiger partial charge in [0.25, 0.3) is 0 Å². The molecule has 0 amide bonds. The Labute approximate surface area is 150 Å². The van der Waals surface area contributed by atoms with Crippen LogP contribution in [0.4, 0.5) is 11.6 Å². The minimum absolute atomic E-state index is 0.0591. The van der Waals surface area contributed by atoms with Gasteiger partial charge in [0.2, 0.25) is 0 Å². The van der Waals surface area contributed by atoms with E-state index in [4.69, 9.17) is 15.2 Å². The lowest BCUT2D eigenvalue weighted by Crippen LogP contribution is -2.28. The van der Waals surface area contributed by atoms with Gasteiger partial charge in [0.15, 0.2) is 5.82 Å². The fraction of sp³-hybridized carbons (Fsp3) is 0.438. The lowest BCUT2D eigenvalue weighted by molar-refractivity contribution is -0.152. The number of nitrogen functional groups attached to an aromatic ring is 1. The fourth-order valence-corrected chi connectivity index (χ4v) is 2.01. The van der Waals surface area contributed by atoms with Gasteiger partial charge in [-0.25, -0.2) is 14.8 Å². The first kappa shape index (κ1) is 19.2. The molecule has 0 aliphatic carbocycles. The molecule has 2 aromatic heterocycles. The van der Waals surface area contributed by atoms with Crippen molar-refractivity contribution in [1.82, 2.24) is 19.7 Å². The van der Waals surface area contributed by atoms with Crippen LogP contribution in [0.2, 0.25) is 0 Å². The molecular weight excluding hydrogens is 340 g/mol. The maximum Gasteiger partial charge on any atom is 0.343 e. The van der Waals surface area contributed by atoms with Gasteiger partial charge in [-0.15, -0.1) is 0 Å². The van der Waals surface area contributed by atoms with Gasteiger partial charge >= 0.3 is 11.9 Å². The highest BCUT2D eigenvalue weighted by Crippen LogP contribution is 2.18. The molecular formula is C16H22N6O4. The summed E-state index contributed by atoms with van der Waals surface area (Å²) in [7, 11) is 0. The molecule has 0 fully saturated rings. The molecule has 140 valence electrons. The SMILES string of the molecule is CCOC(=O)c1cnn(-c2cc(NCC(=O)OC(C)(C)C)ncn2)c1N. The molecule has 10 nitrogen and oxygen atoms in total. The number of rotatable bonds is 6. The van der Waals surface area contributed by atoms with Crippen molar-refractivity contribution in [2.24, 2.45) is 0 Å². The monoisotopic (exact) mass is 362 g/mol. The van der Waals surface area contributed by atoms with Crippen molar-refractivity contribution in [3.8, 4) is 5.82 Å². The average molecular weight is 362 g/mol. The summed E-state index contributed by atoms with van der Waals surface area (Å²) in [5, 5.41) is 6.90. The number of carbonyl (C=O) groups excluding carboxylic acids is 2. The number of esters is 2. The Morgan fingerprint density at radius 1 is 1.31 bits per heavy atom. The number of hydrogen-bond donors (Lipinski definition) is 2. The van der Waals surface area contributed by atoms with Gasteiger partial charge in [-0.2, -0.15) is 9.78 Å². The average Bonchev–Trinajstić information content (AvgIpc) is 2.93. The number of ether oxygens (including phenoxy) is 2. The number of hydrogen-bond acceptors (Lipinski definition) is 9. The number of carbonyl (C=O) groups is 2. The quantitative estimate of drug-likeness (QED) is 0.726. The van der Waals surface area contributed by atoms with Crippen molar-refractivity contribution >= 4 is 23.6 Å². The number of aromatic nitrogens is 4. The maximum absolute atomic E-state index is 11.8. The fourth-order valence-electron chi connectivity index (χ4n) is 2.01. The summed E-state index contributed by atoms with van der Waals surface area (Å²) in [6.45, 7) is 7.23. The standard InChI is InChI=1S/C16H22N6O4/c1-5-25-15(24)10-7-21-22(14(10)17)12-6-11(19-9-20-12)18-8-13(23)26-16(2,3)4/h6-7,9H,5,8,17H2,1-4H3,(H,18,19,20). The summed E-state index contributed by atoms with van der Waals surface area (Å²) >= 11 is 0. The second-order valence-electron chi connectivity index (χ2n) is 6.28. The lowest BCUT2D eigenvalue weighted by atomic mass is 10.2. The van der Waals surface area contributed by atoms with E-state index in [0.29, 0.717) is 11.6 Å². The highest BCUT2D eigenvalue weighted by molar-refractivity contribution is 5.94. The molecule has 2 rings (SSSR count). The van der Waals surface area contributed by atoms with Gasteiger partial charge in [-0.1, -0.05) is 0 Å². The molecule has 0 bridgehead atoms. The van der Waals surface area contributed by atoms with Crippen molar-refractivity contribution < 1.29 is 19.1 Å². The van der Waals surface area contributed by atoms with Gasteiger partial charge < -0.3 is 20.5 Å². The smallest absolute Gasteiger partial charge is 0.343 e. The van der Waals surface area contributed by atoms with E-state index in [1.54, 1.807) is 33.8 Å². The van der Waals surface area contributed by atoms with Crippen LogP contribution in [0.3, 0.4) is 0 Å². The molecule has 0 aliphatic heterocycles. The summed E-state index contributed by atoms with van der Waals surface area (Å²) in [6.07, 6.45) is 2.60. The van der Waals surface area contributed by atoms with Crippen LogP contribution in [0.25, 0.3) is 5.82 Å². The Hall–Kier alpha value is -3.17. The summed E-state index contributed by atoms with van der Waals surface area (Å²) in [5.74, 6) is -0.164. The second-order valence-corrected chi connectivity index (χ2v) is 6.28. The van der Waals surface area contributed by atoms with Crippen LogP contribution in [-0.4, -0.2) is 50.4 Å². The van der Waals surface area contributed by atoms with Crippen LogP contribution >= 0.6 is 0 Å². The van der Waals surface area contributed by atoms with Crippen molar-refractivity contribution in [2.75, 3.05) is 24.2 Å². The minimum atomic E-state index is -0.567. The molecule has 0 aliphatic rings. The van der Waals surface area contributed by atoms with Crippen molar-refractivity contribution in [3.05, 3.63) is 24.2 Å². The summed E-state index contributed by atoms with van der Waals surface area (Å²) in [5.41, 5.74) is 5.53. The number of anilines is 2. The van der Waals surface area contributed by atoms with E-state index < -0.39 is 17.5 Å². The Morgan fingerprint density at radius 2 is 2.04 bits per heavy atom. The van der Waals surface area contributed by atoms with Crippen LogP contribution < -0.4 is 11.1 Å². The van der Waals surface area contributed by atoms with Crippen LogP contribution in [0.5, 0.6) is 0 Å². The highest BCUT2D eigenvalue weighted by atomic mass is 16.6. The van der Waals surface area contributed by atoms with Gasteiger partial charge in [0, 0.05) is 6.07 Å². The molecule has 0 saturated heterocycles. The van der Waals surface area contributed by atoms with Crippen molar-refractivity contribution in [2.45, 2.75) is 33.3 Å². The summed E-state index contributed by atoms with van der Waals surface area (Å²) < 4.78 is 11.4. The number of nitrogens with zero attached hydrogens (tertiary/aromatic N) is 4. The van der Waals surface area contributed by atoms with Gasteiger partial charge in [-0.05, 0) is 27.7 Å². The molecule has 0 atom stereocenters. The predicted octanol–water partition coefficient (Wildman–Crippen LogP) is 1.17. The Bertz CT molecular complexity index is 796. The summed E-state index contributed by atoms with van der Waals surface area (Å²) in [6, 6.07) is 1.54. The van der Waals surface area contributed by atoms with Crippen LogP contribution in [0.1, 0.15) is 38.1 Å². The largest absolute Gasteiger partial charge is 0.462 e. The topological polar surface area (TPSA) is 134 Å². The first-order valence-corrected chi connectivity index (χ1v) is 8.00. The van der Waals surface area contributed by atoms with Crippen LogP contribution in [0.15, 0.2) is 18.6 Å². The predicted molar refractivity (Wildman–Crippen MR) is 93.9 cm³/mol. The van der Waals surface area contributed by atoms with E-state index in [-0.39, 0.29) is 24.5 Å². The normalized spacial score (nSPS) is 11.1. The Morgan fingerprint density at radius 3 is 2.69 bits per heavy atom. The van der Waals surface area contributed by atoms with Crippen molar-refractivity contribution in [3.63, 3.8) is 0 Å². The number of nitrogens with two attached hydrogens (primary N) is 1. The third-order valence-electron chi connectivity index (χ3n) is 3.01. The van der Waals surface area contributed by atoms with E-state index in [1.165, 1.54) is 17.2 Å². The highest BCUT2D eigenvalue weighted by Gasteiger charge is 2.19. The third-order valence-corrected chi connectivity index (χ3v) is 3.01. The van der Waals surface area contributed by atoms with E-state index in [9.17, 15) is 9.59 Å². The first-order valence-electron chi connectivity index (χ1n) is 8.00. The molecule has 2 aromatic rings. The van der Waals surface area contributed by atoms with Gasteiger partial charge in [0.1, 0.15) is 35.7 Å². The zero-order chi connectivity index (χ0) is 19.3. The number of nitrogens with one attached hydrogen (secondary N) is 1. The van der Waals surface area contributed by atoms with E-state index in [0.717, 1.165) is 0 Å². The Kier molecular flexibility index (Phi) is 5.75. The zero-order valence-electron chi connectivity index (χ0n) is 15.1. The summed E-state index contributed by atoms with van der Waals surface area (Å²) in [4.78, 5) is 31.7. The molecule has 10 heteroatoms. The zero-order valence-corrected chi connectivity index (χ0v) is 15.1. The van der Waals surface area contributed by atoms with Gasteiger partial charge in [-0.3, -0.25) is 4.79 Å². The molecule has 0 radical (unpaired) electrons. The minimum Gasteiger partial charge on any atom is -0.462 e. The lowest BCUT2D eigenvalue weighted by Gasteiger charge is -2.19. The van der Waals surface area contributed by atoms with E-state index in [1.807, 2.05) is 0 Å². The molecule has 0 saturated carbocycles. The molecule has 2 heterocycles. The van der Waals surface area contributed by atoms with E-state index >= 15 is 0 Å². The Balaban J connectivity index is 2.12. The van der Waals surface area contributed by atoms with Crippen molar-refractivity contribution in [1.29, 1.82) is 0 Å². The first-order chi connectivity index (χ1) is 12.2. The molecule has 3 N–H and O–H groups in total.